The quantitative estimate of drug-likeness (QED) is 0.415. The Morgan fingerprint density at radius 2 is 1.87 bits per heavy atom. The van der Waals surface area contributed by atoms with E-state index in [9.17, 15) is 12.8 Å². The van der Waals surface area contributed by atoms with Crippen molar-refractivity contribution in [3.05, 3.63) is 59.9 Å². The van der Waals surface area contributed by atoms with Crippen molar-refractivity contribution >= 4 is 37.1 Å². The molecule has 2 N–H and O–H groups in total. The second-order valence-corrected chi connectivity index (χ2v) is 11.5. The van der Waals surface area contributed by atoms with Crippen molar-refractivity contribution in [2.45, 2.75) is 62.2 Å². The Morgan fingerprint density at radius 1 is 1.10 bits per heavy atom. The third-order valence-corrected chi connectivity index (χ3v) is 8.99. The topological polar surface area (TPSA) is 58.2 Å². The maximum Gasteiger partial charge on any atom is 0.271 e. The van der Waals surface area contributed by atoms with Gasteiger partial charge in [0, 0.05) is 17.3 Å². The lowest BCUT2D eigenvalue weighted by molar-refractivity contribution is 0.305. The lowest BCUT2D eigenvalue weighted by atomic mass is 9.85. The number of anilines is 1. The summed E-state index contributed by atoms with van der Waals surface area (Å²) in [5, 5.41) is 4.16. The number of hydrogen-bond acceptors (Lipinski definition) is 4. The third kappa shape index (κ3) is 5.64. The molecule has 1 aliphatic carbocycles. The van der Waals surface area contributed by atoms with Crippen LogP contribution < -0.4 is 10.0 Å². The monoisotopic (exact) mass is 460 g/mol. The van der Waals surface area contributed by atoms with Gasteiger partial charge in [-0.1, -0.05) is 50.3 Å². The number of sulfonamides is 1. The number of fused-ring (bicyclic) bond motifs is 1. The molecule has 31 heavy (non-hydrogen) atoms. The minimum absolute atomic E-state index is 0.182. The molecule has 4 rings (SSSR count). The van der Waals surface area contributed by atoms with E-state index in [1.807, 2.05) is 18.2 Å². The van der Waals surface area contributed by atoms with E-state index in [1.165, 1.54) is 50.3 Å². The van der Waals surface area contributed by atoms with Gasteiger partial charge in [-0.05, 0) is 60.5 Å². The lowest BCUT2D eigenvalue weighted by Crippen LogP contribution is -2.29. The van der Waals surface area contributed by atoms with E-state index >= 15 is 0 Å². The highest BCUT2D eigenvalue weighted by atomic mass is 32.2. The van der Waals surface area contributed by atoms with Crippen LogP contribution in [0.25, 0.3) is 10.1 Å². The van der Waals surface area contributed by atoms with Gasteiger partial charge in [-0.25, -0.2) is 12.8 Å². The predicted octanol–water partition coefficient (Wildman–Crippen LogP) is 6.29. The summed E-state index contributed by atoms with van der Waals surface area (Å²) in [7, 11) is -3.75. The SMILES string of the molecule is C[C@@H](CC1CCCCC1)NCc1ccccc1NS(=O)(=O)c1cc2cc(F)ccc2s1. The van der Waals surface area contributed by atoms with Crippen molar-refractivity contribution in [2.24, 2.45) is 5.92 Å². The zero-order valence-electron chi connectivity index (χ0n) is 17.7. The molecular formula is C24H29FN2O2S2. The maximum absolute atomic E-state index is 13.5. The van der Waals surface area contributed by atoms with Gasteiger partial charge in [0.25, 0.3) is 10.0 Å². The van der Waals surface area contributed by atoms with Crippen LogP contribution in [0.4, 0.5) is 10.1 Å². The first-order valence-corrected chi connectivity index (χ1v) is 13.2. The molecule has 0 saturated heterocycles. The zero-order valence-corrected chi connectivity index (χ0v) is 19.4. The van der Waals surface area contributed by atoms with Gasteiger partial charge in [0.05, 0.1) is 5.69 Å². The number of nitrogens with one attached hydrogen (secondary N) is 2. The van der Waals surface area contributed by atoms with Crippen LogP contribution in [0.15, 0.2) is 52.7 Å². The van der Waals surface area contributed by atoms with E-state index in [4.69, 9.17) is 0 Å². The molecule has 0 amide bonds. The molecule has 0 unspecified atom stereocenters. The van der Waals surface area contributed by atoms with Crippen LogP contribution >= 0.6 is 11.3 Å². The summed E-state index contributed by atoms with van der Waals surface area (Å²) in [5.74, 6) is 0.420. The van der Waals surface area contributed by atoms with E-state index in [1.54, 1.807) is 12.1 Å². The van der Waals surface area contributed by atoms with Gasteiger partial charge in [0.2, 0.25) is 0 Å². The van der Waals surface area contributed by atoms with Gasteiger partial charge in [-0.15, -0.1) is 11.3 Å². The summed E-state index contributed by atoms with van der Waals surface area (Å²) in [6.07, 6.45) is 7.84. The van der Waals surface area contributed by atoms with Gasteiger partial charge in [-0.2, -0.15) is 0 Å². The molecule has 0 bridgehead atoms. The molecule has 3 aromatic rings. The third-order valence-electron chi connectivity index (χ3n) is 6.03. The summed E-state index contributed by atoms with van der Waals surface area (Å²) in [6, 6.07) is 13.7. The molecule has 4 nitrogen and oxygen atoms in total. The summed E-state index contributed by atoms with van der Waals surface area (Å²) in [5.41, 5.74) is 1.48. The van der Waals surface area contributed by atoms with Crippen molar-refractivity contribution in [3.8, 4) is 0 Å². The van der Waals surface area contributed by atoms with Crippen molar-refractivity contribution < 1.29 is 12.8 Å². The molecule has 0 radical (unpaired) electrons. The van der Waals surface area contributed by atoms with E-state index in [-0.39, 0.29) is 10.0 Å². The van der Waals surface area contributed by atoms with Crippen molar-refractivity contribution in [3.63, 3.8) is 0 Å². The molecule has 2 aromatic carbocycles. The van der Waals surface area contributed by atoms with Crippen LogP contribution in [0.5, 0.6) is 0 Å². The van der Waals surface area contributed by atoms with Crippen LogP contribution in [0.3, 0.4) is 0 Å². The first kappa shape index (κ1) is 22.2. The first-order chi connectivity index (χ1) is 14.9. The standard InChI is InChI=1S/C24H29FN2O2S2/c1-17(13-18-7-3-2-4-8-18)26-16-19-9-5-6-10-22(19)27-31(28,29)24-15-20-14-21(25)11-12-23(20)30-24/h5-6,9-12,14-15,17-18,26-27H,2-4,7-8,13,16H2,1H3/t17-/m0/s1. The van der Waals surface area contributed by atoms with Crippen molar-refractivity contribution in [1.29, 1.82) is 0 Å². The van der Waals surface area contributed by atoms with Crippen LogP contribution in [0.2, 0.25) is 0 Å². The zero-order chi connectivity index (χ0) is 21.8. The Labute approximate surface area is 187 Å². The fourth-order valence-corrected chi connectivity index (χ4v) is 6.86. The van der Waals surface area contributed by atoms with Crippen LogP contribution in [0.1, 0.15) is 51.0 Å². The smallest absolute Gasteiger partial charge is 0.271 e. The first-order valence-electron chi connectivity index (χ1n) is 10.9. The molecule has 0 spiro atoms. The summed E-state index contributed by atoms with van der Waals surface area (Å²) in [6.45, 7) is 2.81. The molecule has 1 aromatic heterocycles. The van der Waals surface area contributed by atoms with Gasteiger partial charge in [0.15, 0.2) is 0 Å². The number of para-hydroxylation sites is 1. The minimum Gasteiger partial charge on any atom is -0.310 e. The Morgan fingerprint density at radius 3 is 2.68 bits per heavy atom. The average Bonchev–Trinajstić information content (AvgIpc) is 3.18. The average molecular weight is 461 g/mol. The lowest BCUT2D eigenvalue weighted by Gasteiger charge is -2.25. The Bertz CT molecular complexity index is 1140. The molecule has 1 atom stereocenters. The number of thiophene rings is 1. The molecule has 0 aliphatic heterocycles. The second kappa shape index (κ2) is 9.67. The van der Waals surface area contributed by atoms with E-state index < -0.39 is 10.0 Å². The Kier molecular flexibility index (Phi) is 6.94. The predicted molar refractivity (Wildman–Crippen MR) is 127 cm³/mol. The fraction of sp³-hybridized carbons (Fsp3) is 0.417. The van der Waals surface area contributed by atoms with E-state index in [0.29, 0.717) is 23.7 Å². The van der Waals surface area contributed by atoms with Crippen LogP contribution in [-0.2, 0) is 16.6 Å². The largest absolute Gasteiger partial charge is 0.310 e. The van der Waals surface area contributed by atoms with Crippen molar-refractivity contribution in [2.75, 3.05) is 4.72 Å². The molecule has 166 valence electrons. The summed E-state index contributed by atoms with van der Waals surface area (Å²) >= 11 is 1.14. The highest BCUT2D eigenvalue weighted by molar-refractivity contribution is 7.94. The van der Waals surface area contributed by atoms with Gasteiger partial charge < -0.3 is 5.32 Å². The normalized spacial score (nSPS) is 16.5. The molecular weight excluding hydrogens is 431 g/mol. The highest BCUT2D eigenvalue weighted by Crippen LogP contribution is 2.31. The summed E-state index contributed by atoms with van der Waals surface area (Å²) < 4.78 is 43.1. The summed E-state index contributed by atoms with van der Waals surface area (Å²) in [4.78, 5) is 0. The number of rotatable bonds is 8. The Balaban J connectivity index is 1.44. The van der Waals surface area contributed by atoms with Gasteiger partial charge in [-0.3, -0.25) is 4.72 Å². The molecule has 1 saturated carbocycles. The van der Waals surface area contributed by atoms with E-state index in [2.05, 4.69) is 17.0 Å². The second-order valence-electron chi connectivity index (χ2n) is 8.53. The van der Waals surface area contributed by atoms with Crippen molar-refractivity contribution in [1.82, 2.24) is 5.32 Å². The maximum atomic E-state index is 13.5. The fourth-order valence-electron chi connectivity index (χ4n) is 4.38. The number of benzene rings is 2. The molecule has 1 aliphatic rings. The highest BCUT2D eigenvalue weighted by Gasteiger charge is 2.20. The van der Waals surface area contributed by atoms with Crippen LogP contribution in [-0.4, -0.2) is 14.5 Å². The minimum atomic E-state index is -3.75. The number of halogens is 1. The van der Waals surface area contributed by atoms with E-state index in [0.717, 1.165) is 33.9 Å². The Hall–Kier alpha value is -1.96. The van der Waals surface area contributed by atoms with Gasteiger partial charge >= 0.3 is 0 Å². The molecule has 7 heteroatoms. The number of hydrogen-bond donors (Lipinski definition) is 2. The molecule has 1 fully saturated rings. The van der Waals surface area contributed by atoms with Crippen LogP contribution in [0, 0.1) is 11.7 Å². The molecule has 1 heterocycles. The van der Waals surface area contributed by atoms with Gasteiger partial charge in [0.1, 0.15) is 10.0 Å².